The maximum absolute atomic E-state index is 14.6. The standard InChI is InChI=1S/C48H68ClN9O6S2.C46H63N9O5S2/c1-15-46(8,9)35-22-25-39(37(29-35)47(10,11)16-2)63-33(6)43(59)51-30-32(5)42-53-44-48(49,34(7)54-58(44)55-42)57(45(50)64-40-20-18-19-21-41(40)65(12,13)60)38-24-23-36(28-31(38)4)56(17-3)27-26-52-66(14,61)62;1-13-44(8,9)33-20-23-38(35(27-33)45(10,11)14-2)60-31(6)41(56)47-28-30(5)40-50-42-46(32(7)51-55(42)52-40)54(43(57)49-36-18-16-17-19-39(36)61-46)37-22-21-34(26-29(37)4)53(15-3)25-24-48-62(12,58)59/h18-25,28-29,32-33,50,52H,12,15-17,26-27,30H2,1-11,13-14H3,(H,51,59);16-23,26-27,30-31,48H,13-15,24-25,28H2,1-12H3,(H,47,56)(H,49,57). The number of sulfonamides is 2. The second kappa shape index (κ2) is 39.8. The van der Waals surface area contributed by atoms with E-state index in [0.29, 0.717) is 94.1 Å². The van der Waals surface area contributed by atoms with Crippen LogP contribution in [0.15, 0.2) is 141 Å². The number of ether oxygens (including phenoxy) is 3. The lowest BCUT2D eigenvalue weighted by molar-refractivity contribution is -0.128. The number of para-hydroxylation sites is 2. The molecular formula is C94H131ClN18O11S4. The lowest BCUT2D eigenvalue weighted by atomic mass is 9.76. The van der Waals surface area contributed by atoms with Gasteiger partial charge in [0, 0.05) is 97.8 Å². The van der Waals surface area contributed by atoms with Crippen LogP contribution in [-0.4, -0.2) is 175 Å². The number of aryl methyl sites for hydroxylation is 2. The van der Waals surface area contributed by atoms with Gasteiger partial charge >= 0.3 is 6.03 Å². The van der Waals surface area contributed by atoms with Crippen molar-refractivity contribution in [3.05, 3.63) is 178 Å². The van der Waals surface area contributed by atoms with Crippen LogP contribution in [0.5, 0.6) is 17.2 Å². The molecule has 8 aromatic rings. The third kappa shape index (κ3) is 22.2. The van der Waals surface area contributed by atoms with E-state index >= 15 is 0 Å². The number of fused-ring (bicyclic) bond motifs is 4. The number of nitrogens with zero attached hydrogens (tertiary/aromatic N) is 12. The molecule has 3 aliphatic rings. The number of carbonyl (C=O) groups is 3. The minimum absolute atomic E-state index is 0.0100. The van der Waals surface area contributed by atoms with E-state index in [9.17, 15) is 40.8 Å². The highest BCUT2D eigenvalue weighted by Gasteiger charge is 2.57. The number of hydrogen-bond acceptors (Lipinski definition) is 21. The lowest BCUT2D eigenvalue weighted by Gasteiger charge is -2.38. The monoisotopic (exact) mass is 1850 g/mol. The van der Waals surface area contributed by atoms with Gasteiger partial charge in [-0.25, -0.2) is 41.0 Å². The van der Waals surface area contributed by atoms with E-state index < -0.39 is 63.6 Å². The molecule has 34 heteroatoms. The number of amidine groups is 1. The smallest absolute Gasteiger partial charge is 0.328 e. The summed E-state index contributed by atoms with van der Waals surface area (Å²) in [7, 11) is -9.47. The molecule has 5 heterocycles. The summed E-state index contributed by atoms with van der Waals surface area (Å²) in [5.74, 6) is 5.62. The normalized spacial score (nSPS) is 17.2. The number of rotatable bonds is 37. The van der Waals surface area contributed by atoms with Crippen LogP contribution >= 0.6 is 23.4 Å². The predicted molar refractivity (Wildman–Crippen MR) is 520 cm³/mol. The van der Waals surface area contributed by atoms with Crippen molar-refractivity contribution >= 4 is 123 Å². The van der Waals surface area contributed by atoms with Crippen LogP contribution in [0, 0.1) is 19.3 Å². The van der Waals surface area contributed by atoms with Crippen molar-refractivity contribution in [1.82, 2.24) is 49.8 Å². The molecule has 1 spiro atoms. The van der Waals surface area contributed by atoms with E-state index in [0.717, 1.165) is 71.2 Å². The van der Waals surface area contributed by atoms with E-state index in [1.807, 2.05) is 120 Å². The number of alkyl halides is 1. The minimum atomic E-state index is -3.37. The molecule has 4 amide bonds. The Hall–Kier alpha value is -9.90. The number of carbonyl (C=O) groups excluding carboxylic acids is 3. The van der Waals surface area contributed by atoms with Crippen molar-refractivity contribution in [1.29, 1.82) is 5.41 Å². The second-order valence-electron chi connectivity index (χ2n) is 36.2. The Bertz CT molecular complexity index is 5870. The first kappa shape index (κ1) is 100. The fourth-order valence-corrected chi connectivity index (χ4v) is 18.7. The molecular weight excluding hydrogens is 1720 g/mol. The first-order valence-corrected chi connectivity index (χ1v) is 50.9. The van der Waals surface area contributed by atoms with Gasteiger partial charge in [0.15, 0.2) is 29.7 Å². The van der Waals surface area contributed by atoms with Crippen LogP contribution < -0.4 is 59.2 Å². The summed E-state index contributed by atoms with van der Waals surface area (Å²) in [6, 6.07) is 37.7. The van der Waals surface area contributed by atoms with Gasteiger partial charge in [-0.2, -0.15) is 10.2 Å². The molecule has 11 rings (SSSR count). The van der Waals surface area contributed by atoms with Gasteiger partial charge in [0.2, 0.25) is 35.7 Å². The average molecular weight is 1850 g/mol. The number of likely N-dealkylation sites (N-methyl/N-ethyl adjacent to an activating group) is 2. The van der Waals surface area contributed by atoms with Gasteiger partial charge in [0.05, 0.1) is 45.9 Å². The van der Waals surface area contributed by atoms with Crippen LogP contribution in [0.2, 0.25) is 0 Å². The number of anilines is 5. The Kier molecular flexibility index (Phi) is 31.2. The lowest BCUT2D eigenvalue weighted by Crippen LogP contribution is -2.52. The quantitative estimate of drug-likeness (QED) is 0.00692. The second-order valence-corrected chi connectivity index (χ2v) is 44.1. The molecule has 0 aliphatic carbocycles. The largest absolute Gasteiger partial charge is 0.481 e. The van der Waals surface area contributed by atoms with Crippen LogP contribution in [-0.2, 0) is 70.7 Å². The topological polar surface area (TPSA) is 347 Å². The average Bonchev–Trinajstić information content (AvgIpc) is 1.55. The van der Waals surface area contributed by atoms with Crippen molar-refractivity contribution in [2.45, 2.75) is 243 Å². The van der Waals surface area contributed by atoms with Crippen LogP contribution in [0.3, 0.4) is 0 Å². The summed E-state index contributed by atoms with van der Waals surface area (Å²) in [5.41, 5.74) is 10.3. The Morgan fingerprint density at radius 1 is 0.586 bits per heavy atom. The number of urea groups is 1. The molecule has 128 heavy (non-hydrogen) atoms. The zero-order valence-electron chi connectivity index (χ0n) is 78.9. The van der Waals surface area contributed by atoms with Gasteiger partial charge in [-0.1, -0.05) is 169 Å². The maximum atomic E-state index is 14.6. The van der Waals surface area contributed by atoms with Crippen molar-refractivity contribution in [2.24, 2.45) is 10.2 Å². The summed E-state index contributed by atoms with van der Waals surface area (Å²) < 4.78 is 84.4. The molecule has 694 valence electrons. The van der Waals surface area contributed by atoms with Crippen LogP contribution in [0.25, 0.3) is 0 Å². The van der Waals surface area contributed by atoms with E-state index in [-0.39, 0.29) is 83.2 Å². The SMILES string of the molecule is C=S(C)(=O)c1ccccc1OC(=N)N(c1ccc(N(CC)CCNS(C)(=O)=O)cc1C)C1(Cl)C(C)=Nn2nc(C(C)CNC(=O)C(C)Oc3ccc(C(C)(C)CC)cc3C(C)(C)CC)nc21.CCN(CCNS(C)(=O)=O)c1ccc(N2C(=O)Nc3ccccc3SC23C(C)=Nn2nc(C(C)CNC(=O)C(C)Oc4ccc(C(C)(C)CC)cc4C(C)(C)CC)nc23)c(C)c1. The fourth-order valence-electron chi connectivity index (χ4n) is 15.2. The maximum Gasteiger partial charge on any atom is 0.328 e. The first-order valence-electron chi connectivity index (χ1n) is 43.8. The van der Waals surface area contributed by atoms with Crippen molar-refractivity contribution in [3.63, 3.8) is 0 Å². The number of aromatic nitrogens is 6. The molecule has 0 saturated carbocycles. The summed E-state index contributed by atoms with van der Waals surface area (Å²) in [5, 5.41) is 37.9. The van der Waals surface area contributed by atoms with E-state index in [1.54, 1.807) is 56.0 Å². The molecule has 0 radical (unpaired) electrons. The van der Waals surface area contributed by atoms with Crippen LogP contribution in [0.1, 0.15) is 233 Å². The molecule has 29 nitrogen and oxygen atoms in total. The van der Waals surface area contributed by atoms with Gasteiger partial charge in [0.25, 0.3) is 17.8 Å². The zero-order chi connectivity index (χ0) is 94.5. The van der Waals surface area contributed by atoms with Crippen molar-refractivity contribution in [3.8, 4) is 17.2 Å². The third-order valence-corrected chi connectivity index (χ3v) is 29.8. The number of hydrogen-bond donors (Lipinski definition) is 6. The summed E-state index contributed by atoms with van der Waals surface area (Å²) in [4.78, 5) is 60.2. The summed E-state index contributed by atoms with van der Waals surface area (Å²) in [6.45, 7) is 48.2. The van der Waals surface area contributed by atoms with Gasteiger partial charge in [-0.3, -0.25) is 29.0 Å². The number of nitrogens with one attached hydrogen (secondary N) is 6. The highest BCUT2D eigenvalue weighted by atomic mass is 35.5. The van der Waals surface area contributed by atoms with Gasteiger partial charge in [-0.05, 0) is 213 Å². The van der Waals surface area contributed by atoms with Gasteiger partial charge in [-0.15, -0.1) is 19.8 Å². The zero-order valence-corrected chi connectivity index (χ0v) is 82.9. The van der Waals surface area contributed by atoms with Crippen LogP contribution in [0.4, 0.5) is 33.2 Å². The Morgan fingerprint density at radius 2 is 1.04 bits per heavy atom. The molecule has 7 unspecified atom stereocenters. The molecule has 0 bridgehead atoms. The number of amides is 4. The Labute approximate surface area is 767 Å². The highest BCUT2D eigenvalue weighted by Crippen LogP contribution is 2.54. The minimum Gasteiger partial charge on any atom is -0.481 e. The van der Waals surface area contributed by atoms with Crippen molar-refractivity contribution in [2.75, 3.05) is 96.0 Å². The molecule has 6 aromatic carbocycles. The summed E-state index contributed by atoms with van der Waals surface area (Å²) in [6.07, 6.45) is 6.00. The Balaban J connectivity index is 0.000000267. The van der Waals surface area contributed by atoms with E-state index in [1.165, 1.54) is 43.6 Å². The predicted octanol–water partition coefficient (Wildman–Crippen LogP) is 16.1. The van der Waals surface area contributed by atoms with E-state index in [4.69, 9.17) is 51.1 Å². The molecule has 3 aliphatic heterocycles. The number of benzene rings is 6. The molecule has 7 atom stereocenters. The van der Waals surface area contributed by atoms with E-state index in [2.05, 4.69) is 149 Å². The molecule has 0 saturated heterocycles. The molecule has 6 N–H and O–H groups in total. The third-order valence-electron chi connectivity index (χ3n) is 24.9. The number of halogens is 1. The van der Waals surface area contributed by atoms with Crippen molar-refractivity contribution < 1.29 is 49.6 Å². The first-order chi connectivity index (χ1) is 59.8. The number of thioether (sulfide) groups is 1. The van der Waals surface area contributed by atoms with Gasteiger partial charge in [0.1, 0.15) is 17.2 Å². The van der Waals surface area contributed by atoms with Gasteiger partial charge < -0.3 is 40.0 Å². The molecule has 0 fully saturated rings. The summed E-state index contributed by atoms with van der Waals surface area (Å²) >= 11 is 9.20. The highest BCUT2D eigenvalue weighted by molar-refractivity contribution is 8.01. The molecule has 2 aromatic heterocycles. The Morgan fingerprint density at radius 3 is 1.51 bits per heavy atom. The fraction of sp³-hybridized carbons (Fsp3) is 0.500.